The summed E-state index contributed by atoms with van der Waals surface area (Å²) in [5, 5.41) is 12.9. The van der Waals surface area contributed by atoms with Gasteiger partial charge in [-0.2, -0.15) is 0 Å². The van der Waals surface area contributed by atoms with Crippen LogP contribution in [0.2, 0.25) is 0 Å². The van der Waals surface area contributed by atoms with E-state index in [-0.39, 0.29) is 23.8 Å². The molecule has 2 N–H and O–H groups in total. The molecule has 0 aliphatic carbocycles. The molecule has 0 amide bonds. The number of ether oxygens (including phenoxy) is 1. The Bertz CT molecular complexity index is 742. The van der Waals surface area contributed by atoms with Crippen molar-refractivity contribution in [1.82, 2.24) is 10.2 Å². The van der Waals surface area contributed by atoms with Crippen LogP contribution in [-0.4, -0.2) is 67.9 Å². The molecule has 3 rings (SSSR count). The maximum absolute atomic E-state index is 14.7. The Labute approximate surface area is 177 Å². The van der Waals surface area contributed by atoms with Crippen molar-refractivity contribution in [2.75, 3.05) is 44.7 Å². The Hall–Kier alpha value is -2.35. The second-order valence-electron chi connectivity index (χ2n) is 7.96. The Morgan fingerprint density at radius 1 is 1.23 bits per heavy atom. The first-order valence-electron chi connectivity index (χ1n) is 10.8. The van der Waals surface area contributed by atoms with Gasteiger partial charge in [0.2, 0.25) is 0 Å². The molecule has 8 heteroatoms. The average Bonchev–Trinajstić information content (AvgIpc) is 2.77. The number of rotatable bonds is 5. The molecule has 0 saturated carbocycles. The van der Waals surface area contributed by atoms with E-state index in [1.807, 2.05) is 24.0 Å². The number of guanidine groups is 1. The summed E-state index contributed by atoms with van der Waals surface area (Å²) in [7, 11) is 1.43. The summed E-state index contributed by atoms with van der Waals surface area (Å²) in [5.74, 6) is 0.348. The number of piperidine rings is 2. The monoisotopic (exact) mass is 420 g/mol. The predicted octanol–water partition coefficient (Wildman–Crippen LogP) is 2.14. The summed E-state index contributed by atoms with van der Waals surface area (Å²) in [6, 6.07) is 5.28. The third kappa shape index (κ3) is 5.62. The van der Waals surface area contributed by atoms with Crippen LogP contribution in [0.1, 0.15) is 38.2 Å². The fourth-order valence-electron chi connectivity index (χ4n) is 4.10. The molecule has 0 atom stereocenters. The van der Waals surface area contributed by atoms with Crippen molar-refractivity contribution in [1.29, 1.82) is 0 Å². The largest absolute Gasteiger partial charge is 0.469 e. The van der Waals surface area contributed by atoms with Gasteiger partial charge >= 0.3 is 5.97 Å². The van der Waals surface area contributed by atoms with Gasteiger partial charge in [0, 0.05) is 32.7 Å². The number of aliphatic imine (C=N–C) groups is 1. The number of esters is 1. The van der Waals surface area contributed by atoms with Gasteiger partial charge in [-0.05, 0) is 50.3 Å². The zero-order valence-corrected chi connectivity index (χ0v) is 17.9. The van der Waals surface area contributed by atoms with Crippen molar-refractivity contribution in [2.45, 2.75) is 45.3 Å². The van der Waals surface area contributed by atoms with Gasteiger partial charge in [-0.1, -0.05) is 6.07 Å². The number of aliphatic hydroxyl groups excluding tert-OH is 1. The van der Waals surface area contributed by atoms with E-state index in [9.17, 15) is 14.3 Å². The number of aliphatic hydroxyl groups is 1. The number of carbonyl (C=O) groups is 1. The summed E-state index contributed by atoms with van der Waals surface area (Å²) in [6.45, 7) is 5.95. The fraction of sp³-hybridized carbons (Fsp3) is 0.636. The van der Waals surface area contributed by atoms with E-state index in [1.54, 1.807) is 6.07 Å². The predicted molar refractivity (Wildman–Crippen MR) is 115 cm³/mol. The number of benzene rings is 1. The van der Waals surface area contributed by atoms with Gasteiger partial charge in [0.1, 0.15) is 5.82 Å². The molecule has 30 heavy (non-hydrogen) atoms. The second kappa shape index (κ2) is 10.6. The van der Waals surface area contributed by atoms with Crippen molar-refractivity contribution in [3.8, 4) is 0 Å². The Kier molecular flexibility index (Phi) is 7.90. The Morgan fingerprint density at radius 2 is 1.93 bits per heavy atom. The van der Waals surface area contributed by atoms with Crippen molar-refractivity contribution in [3.63, 3.8) is 0 Å². The zero-order valence-electron chi connectivity index (χ0n) is 17.9. The molecule has 2 heterocycles. The summed E-state index contributed by atoms with van der Waals surface area (Å²) in [5.41, 5.74) is 1.40. The minimum Gasteiger partial charge on any atom is -0.469 e. The van der Waals surface area contributed by atoms with Crippen LogP contribution in [0, 0.1) is 11.7 Å². The number of nitrogens with zero attached hydrogens (tertiary/aromatic N) is 3. The van der Waals surface area contributed by atoms with Crippen LogP contribution in [0.3, 0.4) is 0 Å². The molecule has 0 unspecified atom stereocenters. The van der Waals surface area contributed by atoms with Gasteiger partial charge in [-0.15, -0.1) is 0 Å². The van der Waals surface area contributed by atoms with Crippen LogP contribution in [0.4, 0.5) is 10.1 Å². The van der Waals surface area contributed by atoms with Crippen LogP contribution < -0.4 is 10.2 Å². The molecule has 2 saturated heterocycles. The molecule has 0 bridgehead atoms. The molecule has 166 valence electrons. The van der Waals surface area contributed by atoms with Gasteiger partial charge in [0.25, 0.3) is 0 Å². The molecule has 2 fully saturated rings. The maximum atomic E-state index is 14.7. The molecule has 1 aromatic carbocycles. The van der Waals surface area contributed by atoms with E-state index in [0.29, 0.717) is 38.2 Å². The normalized spacial score (nSPS) is 19.1. The van der Waals surface area contributed by atoms with E-state index in [1.165, 1.54) is 7.11 Å². The molecule has 0 spiro atoms. The highest BCUT2D eigenvalue weighted by molar-refractivity contribution is 5.80. The minimum absolute atomic E-state index is 0.0494. The van der Waals surface area contributed by atoms with Gasteiger partial charge < -0.3 is 25.0 Å². The molecular weight excluding hydrogens is 387 g/mol. The number of methoxy groups -OCH3 is 1. The average molecular weight is 421 g/mol. The van der Waals surface area contributed by atoms with Gasteiger partial charge in [0.05, 0.1) is 31.4 Å². The van der Waals surface area contributed by atoms with Crippen molar-refractivity contribution in [3.05, 3.63) is 29.6 Å². The summed E-state index contributed by atoms with van der Waals surface area (Å²) < 4.78 is 19.5. The smallest absolute Gasteiger partial charge is 0.308 e. The van der Waals surface area contributed by atoms with Crippen LogP contribution in [0.15, 0.2) is 23.2 Å². The number of carbonyl (C=O) groups excluding carboxylic acids is 1. The Morgan fingerprint density at radius 3 is 2.53 bits per heavy atom. The lowest BCUT2D eigenvalue weighted by molar-refractivity contribution is -0.146. The molecule has 1 aromatic rings. The van der Waals surface area contributed by atoms with Crippen LogP contribution in [-0.2, 0) is 16.1 Å². The SMILES string of the molecule is CCNC(=NCc1ccc(N2CCC(O)CC2)c(F)c1)N1CCC(C(=O)OC)CC1. The van der Waals surface area contributed by atoms with E-state index >= 15 is 0 Å². The van der Waals surface area contributed by atoms with Crippen LogP contribution >= 0.6 is 0 Å². The number of likely N-dealkylation sites (tertiary alicyclic amines) is 1. The summed E-state index contributed by atoms with van der Waals surface area (Å²) >= 11 is 0. The number of nitrogens with one attached hydrogen (secondary N) is 1. The minimum atomic E-state index is -0.278. The fourth-order valence-corrected chi connectivity index (χ4v) is 4.10. The molecule has 2 aliphatic rings. The number of hydrogen-bond donors (Lipinski definition) is 2. The quantitative estimate of drug-likeness (QED) is 0.432. The maximum Gasteiger partial charge on any atom is 0.308 e. The van der Waals surface area contributed by atoms with Gasteiger partial charge in [-0.3, -0.25) is 4.79 Å². The molecule has 0 radical (unpaired) electrons. The molecular formula is C22H33FN4O3. The lowest BCUT2D eigenvalue weighted by atomic mass is 9.97. The lowest BCUT2D eigenvalue weighted by Crippen LogP contribution is -2.46. The summed E-state index contributed by atoms with van der Waals surface area (Å²) in [6.07, 6.45) is 2.55. The number of halogens is 1. The van der Waals surface area contributed by atoms with E-state index in [0.717, 1.165) is 44.0 Å². The van der Waals surface area contributed by atoms with Gasteiger partial charge in [0.15, 0.2) is 5.96 Å². The van der Waals surface area contributed by atoms with E-state index in [4.69, 9.17) is 9.73 Å². The summed E-state index contributed by atoms with van der Waals surface area (Å²) in [4.78, 5) is 20.6. The van der Waals surface area contributed by atoms with E-state index < -0.39 is 0 Å². The van der Waals surface area contributed by atoms with E-state index in [2.05, 4.69) is 10.2 Å². The van der Waals surface area contributed by atoms with Crippen molar-refractivity contribution in [2.24, 2.45) is 10.9 Å². The third-order valence-electron chi connectivity index (χ3n) is 5.89. The Balaban J connectivity index is 1.62. The first-order valence-corrected chi connectivity index (χ1v) is 10.8. The second-order valence-corrected chi connectivity index (χ2v) is 7.96. The van der Waals surface area contributed by atoms with Crippen molar-refractivity contribution < 1.29 is 19.0 Å². The zero-order chi connectivity index (χ0) is 21.5. The van der Waals surface area contributed by atoms with Crippen LogP contribution in [0.5, 0.6) is 0 Å². The molecule has 0 aromatic heterocycles. The standard InChI is InChI=1S/C22H33FN4O3/c1-3-24-22(27-10-6-17(7-11-27)21(29)30-2)25-15-16-4-5-20(19(23)14-16)26-12-8-18(28)9-13-26/h4-5,14,17-18,28H,3,6-13,15H2,1-2H3,(H,24,25). The number of hydrogen-bond acceptors (Lipinski definition) is 5. The first-order chi connectivity index (χ1) is 14.5. The molecule has 7 nitrogen and oxygen atoms in total. The van der Waals surface area contributed by atoms with Gasteiger partial charge in [-0.25, -0.2) is 9.38 Å². The first kappa shape index (κ1) is 22.3. The van der Waals surface area contributed by atoms with Crippen LogP contribution in [0.25, 0.3) is 0 Å². The molecule has 2 aliphatic heterocycles. The lowest BCUT2D eigenvalue weighted by Gasteiger charge is -2.33. The number of anilines is 1. The van der Waals surface area contributed by atoms with Crippen molar-refractivity contribution >= 4 is 17.6 Å². The highest BCUT2D eigenvalue weighted by Gasteiger charge is 2.27. The highest BCUT2D eigenvalue weighted by atomic mass is 19.1. The third-order valence-corrected chi connectivity index (χ3v) is 5.89. The highest BCUT2D eigenvalue weighted by Crippen LogP contribution is 2.25. The topological polar surface area (TPSA) is 77.4 Å².